The molecule has 2 saturated heterocycles. The minimum Gasteiger partial charge on any atom is -0.375 e. The molecule has 3 atom stereocenters. The minimum atomic E-state index is 0.143. The van der Waals surface area contributed by atoms with Gasteiger partial charge in [0.2, 0.25) is 5.91 Å². The lowest BCUT2D eigenvalue weighted by atomic mass is 9.79. The van der Waals surface area contributed by atoms with Crippen molar-refractivity contribution in [3.63, 3.8) is 0 Å². The fourth-order valence-corrected chi connectivity index (χ4v) is 4.44. The number of benzene rings is 1. The number of fused-ring (bicyclic) bond motifs is 1. The van der Waals surface area contributed by atoms with Crippen LogP contribution in [0.5, 0.6) is 0 Å². The zero-order valence-electron chi connectivity index (χ0n) is 14.3. The highest BCUT2D eigenvalue weighted by Crippen LogP contribution is 2.38. The Labute approximate surface area is 139 Å². The highest BCUT2D eigenvalue weighted by atomic mass is 16.5. The Balaban J connectivity index is 1.89. The van der Waals surface area contributed by atoms with Crippen LogP contribution >= 0.6 is 0 Å². The first-order valence-electron chi connectivity index (χ1n) is 8.76. The molecule has 2 fully saturated rings. The maximum atomic E-state index is 12.5. The van der Waals surface area contributed by atoms with Crippen LogP contribution in [0.4, 0.5) is 0 Å². The monoisotopic (exact) mass is 316 g/mol. The molecule has 23 heavy (non-hydrogen) atoms. The average molecular weight is 316 g/mol. The van der Waals surface area contributed by atoms with Gasteiger partial charge in [0.15, 0.2) is 0 Å². The van der Waals surface area contributed by atoms with Crippen LogP contribution in [0, 0.1) is 0 Å². The number of carbonyl (C=O) groups is 1. The highest BCUT2D eigenvalue weighted by molar-refractivity contribution is 5.78. The molecule has 1 aromatic carbocycles. The van der Waals surface area contributed by atoms with Crippen molar-refractivity contribution in [1.29, 1.82) is 0 Å². The van der Waals surface area contributed by atoms with Crippen LogP contribution in [0.2, 0.25) is 0 Å². The van der Waals surface area contributed by atoms with Crippen molar-refractivity contribution in [2.45, 2.75) is 43.7 Å². The summed E-state index contributed by atoms with van der Waals surface area (Å²) in [7, 11) is 3.83. The topological polar surface area (TPSA) is 32.8 Å². The fourth-order valence-electron chi connectivity index (χ4n) is 4.44. The van der Waals surface area contributed by atoms with E-state index in [4.69, 9.17) is 4.74 Å². The molecule has 2 heterocycles. The van der Waals surface area contributed by atoms with E-state index in [1.807, 2.05) is 0 Å². The highest BCUT2D eigenvalue weighted by Gasteiger charge is 2.43. The van der Waals surface area contributed by atoms with Gasteiger partial charge in [-0.2, -0.15) is 0 Å². The number of carbonyl (C=O) groups excluding carboxylic acids is 1. The van der Waals surface area contributed by atoms with Crippen LogP contribution in [-0.2, 0) is 9.53 Å². The van der Waals surface area contributed by atoms with Crippen molar-refractivity contribution < 1.29 is 9.53 Å². The lowest BCUT2D eigenvalue weighted by Crippen LogP contribution is -2.59. The van der Waals surface area contributed by atoms with Gasteiger partial charge in [0, 0.05) is 31.7 Å². The molecule has 2 aliphatic rings. The third-order valence-electron chi connectivity index (χ3n) is 5.47. The molecule has 0 spiro atoms. The Morgan fingerprint density at radius 1 is 1.17 bits per heavy atom. The second kappa shape index (κ2) is 7.45. The number of amides is 1. The minimum absolute atomic E-state index is 0.143. The molecular formula is C19H28N2O2. The van der Waals surface area contributed by atoms with Crippen molar-refractivity contribution in [2.24, 2.45) is 0 Å². The summed E-state index contributed by atoms with van der Waals surface area (Å²) in [4.78, 5) is 17.1. The molecule has 1 amide bonds. The summed E-state index contributed by atoms with van der Waals surface area (Å²) >= 11 is 0. The lowest BCUT2D eigenvalue weighted by molar-refractivity contribution is -0.141. The molecule has 4 heteroatoms. The van der Waals surface area contributed by atoms with E-state index in [-0.39, 0.29) is 12.5 Å². The van der Waals surface area contributed by atoms with Crippen LogP contribution in [0.3, 0.4) is 0 Å². The first-order valence-corrected chi connectivity index (χ1v) is 8.76. The molecule has 2 aliphatic heterocycles. The Hall–Kier alpha value is -1.39. The van der Waals surface area contributed by atoms with Gasteiger partial charge in [0.25, 0.3) is 0 Å². The number of ether oxygens (including phenoxy) is 1. The Kier molecular flexibility index (Phi) is 5.34. The van der Waals surface area contributed by atoms with Gasteiger partial charge in [0.1, 0.15) is 6.61 Å². The molecule has 0 radical (unpaired) electrons. The normalized spacial score (nSPS) is 29.0. The number of hydrogen-bond donors (Lipinski definition) is 0. The number of likely N-dealkylation sites (tertiary alicyclic amines) is 2. The predicted octanol–water partition coefficient (Wildman–Crippen LogP) is 2.50. The van der Waals surface area contributed by atoms with E-state index < -0.39 is 0 Å². The van der Waals surface area contributed by atoms with E-state index in [2.05, 4.69) is 47.2 Å². The predicted molar refractivity (Wildman–Crippen MR) is 91.4 cm³/mol. The maximum absolute atomic E-state index is 12.5. The van der Waals surface area contributed by atoms with Crippen molar-refractivity contribution in [1.82, 2.24) is 9.80 Å². The fraction of sp³-hybridized carbons (Fsp3) is 0.632. The Bertz CT molecular complexity index is 519. The third-order valence-corrected chi connectivity index (χ3v) is 5.47. The first kappa shape index (κ1) is 16.5. The van der Waals surface area contributed by atoms with E-state index in [1.165, 1.54) is 18.4 Å². The van der Waals surface area contributed by atoms with E-state index in [1.54, 1.807) is 7.11 Å². The summed E-state index contributed by atoms with van der Waals surface area (Å²) in [6.07, 6.45) is 4.56. The van der Waals surface area contributed by atoms with Crippen LogP contribution in [-0.4, -0.2) is 61.6 Å². The van der Waals surface area contributed by atoms with Crippen LogP contribution in [0.15, 0.2) is 30.3 Å². The number of piperidine rings is 1. The smallest absolute Gasteiger partial charge is 0.248 e. The van der Waals surface area contributed by atoms with Crippen molar-refractivity contribution in [3.8, 4) is 0 Å². The second-order valence-electron chi connectivity index (χ2n) is 6.86. The summed E-state index contributed by atoms with van der Waals surface area (Å²) in [5, 5.41) is 0. The van der Waals surface area contributed by atoms with Crippen LogP contribution in [0.25, 0.3) is 0 Å². The molecule has 3 rings (SSSR count). The number of nitrogens with zero attached hydrogens (tertiary/aromatic N) is 2. The first-order chi connectivity index (χ1) is 11.2. The van der Waals surface area contributed by atoms with Crippen molar-refractivity contribution in [3.05, 3.63) is 35.9 Å². The zero-order chi connectivity index (χ0) is 16.2. The third kappa shape index (κ3) is 3.43. The molecule has 0 unspecified atom stereocenters. The molecular weight excluding hydrogens is 288 g/mol. The van der Waals surface area contributed by atoms with Gasteiger partial charge in [-0.1, -0.05) is 36.8 Å². The van der Waals surface area contributed by atoms with Gasteiger partial charge >= 0.3 is 0 Å². The zero-order valence-corrected chi connectivity index (χ0v) is 14.3. The lowest BCUT2D eigenvalue weighted by Gasteiger charge is -2.48. The Morgan fingerprint density at radius 2 is 1.96 bits per heavy atom. The van der Waals surface area contributed by atoms with Gasteiger partial charge < -0.3 is 14.5 Å². The standard InChI is InChI=1S/C19H28N2O2/c1-20-12-7-6-10-17-19(20)16(15-8-4-3-5-9-15)11-13-21(17)18(22)14-23-2/h3-5,8-9,16-17,19H,6-7,10-14H2,1-2H3/t16-,17-,19-/m1/s1. The van der Waals surface area contributed by atoms with Crippen molar-refractivity contribution in [2.75, 3.05) is 33.9 Å². The van der Waals surface area contributed by atoms with Gasteiger partial charge in [-0.05, 0) is 38.4 Å². The van der Waals surface area contributed by atoms with E-state index >= 15 is 0 Å². The van der Waals surface area contributed by atoms with Crippen LogP contribution in [0.1, 0.15) is 37.2 Å². The van der Waals surface area contributed by atoms with Gasteiger partial charge in [-0.3, -0.25) is 4.79 Å². The summed E-state index contributed by atoms with van der Waals surface area (Å²) in [5.41, 5.74) is 1.41. The molecule has 1 aromatic rings. The molecule has 126 valence electrons. The van der Waals surface area contributed by atoms with Gasteiger partial charge in [-0.15, -0.1) is 0 Å². The molecule has 0 bridgehead atoms. The quantitative estimate of drug-likeness (QED) is 0.859. The molecule has 4 nitrogen and oxygen atoms in total. The summed E-state index contributed by atoms with van der Waals surface area (Å²) in [6, 6.07) is 11.5. The van der Waals surface area contributed by atoms with E-state index in [0.29, 0.717) is 18.0 Å². The summed E-state index contributed by atoms with van der Waals surface area (Å²) in [6.45, 7) is 2.16. The molecule has 0 saturated carbocycles. The van der Waals surface area contributed by atoms with Crippen LogP contribution < -0.4 is 0 Å². The Morgan fingerprint density at radius 3 is 2.70 bits per heavy atom. The largest absolute Gasteiger partial charge is 0.375 e. The van der Waals surface area contributed by atoms with Crippen molar-refractivity contribution >= 4 is 5.91 Å². The van der Waals surface area contributed by atoms with Gasteiger partial charge in [0.05, 0.1) is 0 Å². The number of methoxy groups -OCH3 is 1. The number of likely N-dealkylation sites (N-methyl/N-ethyl adjacent to an activating group) is 1. The second-order valence-corrected chi connectivity index (χ2v) is 6.86. The number of rotatable bonds is 3. The van der Waals surface area contributed by atoms with E-state index in [9.17, 15) is 4.79 Å². The maximum Gasteiger partial charge on any atom is 0.248 e. The van der Waals surface area contributed by atoms with E-state index in [0.717, 1.165) is 25.9 Å². The molecule has 0 aromatic heterocycles. The molecule has 0 aliphatic carbocycles. The SMILES string of the molecule is COCC(=O)N1CC[C@H](c2ccccc2)[C@@H]2[C@H]1CCCCN2C. The average Bonchev–Trinajstić information content (AvgIpc) is 2.77. The molecule has 0 N–H and O–H groups in total. The van der Waals surface area contributed by atoms with Gasteiger partial charge in [-0.25, -0.2) is 0 Å². The number of hydrogen-bond acceptors (Lipinski definition) is 3. The summed E-state index contributed by atoms with van der Waals surface area (Å²) in [5.74, 6) is 0.653. The summed E-state index contributed by atoms with van der Waals surface area (Å²) < 4.78 is 5.10.